The molecule has 0 bridgehead atoms. The summed E-state index contributed by atoms with van der Waals surface area (Å²) in [6.45, 7) is 1.69. The van der Waals surface area contributed by atoms with Crippen LogP contribution in [-0.4, -0.2) is 76.1 Å². The molecule has 1 heterocycles. The highest BCUT2D eigenvalue weighted by Crippen LogP contribution is 2.24. The lowest BCUT2D eigenvalue weighted by Crippen LogP contribution is -2.33. The average Bonchev–Trinajstić information content (AvgIpc) is 2.86. The number of carbonyl (C=O) groups excluding carboxylic acids is 1. The van der Waals surface area contributed by atoms with Crippen LogP contribution in [-0.2, 0) is 20.0 Å². The molecule has 1 aromatic carbocycles. The van der Waals surface area contributed by atoms with Crippen molar-refractivity contribution in [3.63, 3.8) is 0 Å². The average molecular weight is 405 g/mol. The van der Waals surface area contributed by atoms with Gasteiger partial charge >= 0.3 is 0 Å². The summed E-state index contributed by atoms with van der Waals surface area (Å²) in [5.74, 6) is -1.37. The Morgan fingerprint density at radius 2 is 1.88 bits per heavy atom. The number of hydrogen-bond acceptors (Lipinski definition) is 6. The van der Waals surface area contributed by atoms with Crippen molar-refractivity contribution in [3.8, 4) is 0 Å². The van der Waals surface area contributed by atoms with Gasteiger partial charge in [0.25, 0.3) is 5.91 Å². The predicted octanol–water partition coefficient (Wildman–Crippen LogP) is -1.03. The minimum atomic E-state index is -3.96. The summed E-state index contributed by atoms with van der Waals surface area (Å²) in [6.07, 6.45) is -0.976. The third kappa shape index (κ3) is 4.41. The summed E-state index contributed by atoms with van der Waals surface area (Å²) in [7, 11) is -4.67. The molecule has 0 radical (unpaired) electrons. The molecule has 1 fully saturated rings. The molecular weight excluding hydrogens is 382 g/mol. The van der Waals surface area contributed by atoms with Gasteiger partial charge in [-0.05, 0) is 24.6 Å². The number of likely N-dealkylation sites (tertiary alicyclic amines) is 1. The number of primary sulfonamides is 1. The zero-order valence-corrected chi connectivity index (χ0v) is 16.4. The number of rotatable bonds is 5. The van der Waals surface area contributed by atoms with Gasteiger partial charge in [0.1, 0.15) is 0 Å². The number of hydrogen-bond donors (Lipinski definition) is 2. The maximum absolute atomic E-state index is 12.8. The Morgan fingerprint density at radius 1 is 1.27 bits per heavy atom. The zero-order valence-electron chi connectivity index (χ0n) is 14.8. The van der Waals surface area contributed by atoms with Gasteiger partial charge in [-0.3, -0.25) is 4.79 Å². The Morgan fingerprint density at radius 3 is 2.42 bits per heavy atom. The topological polar surface area (TPSA) is 138 Å². The van der Waals surface area contributed by atoms with E-state index in [0.717, 1.165) is 4.31 Å². The van der Waals surface area contributed by atoms with Crippen LogP contribution in [0, 0.1) is 12.8 Å². The number of carbonyl (C=O) groups is 1. The lowest BCUT2D eigenvalue weighted by Gasteiger charge is -2.19. The number of β-amino-alcohol motifs (C(OH)–C–C–N with tert-alkyl or cyclic N) is 1. The second-order valence-electron chi connectivity index (χ2n) is 6.62. The summed E-state index contributed by atoms with van der Waals surface area (Å²) < 4.78 is 48.1. The van der Waals surface area contributed by atoms with Crippen LogP contribution >= 0.6 is 0 Å². The van der Waals surface area contributed by atoms with E-state index in [4.69, 9.17) is 5.14 Å². The van der Waals surface area contributed by atoms with E-state index in [1.54, 1.807) is 6.92 Å². The molecule has 0 spiro atoms. The normalized spacial score (nSPS) is 21.4. The molecule has 11 heteroatoms. The van der Waals surface area contributed by atoms with Crippen LogP contribution in [0.25, 0.3) is 0 Å². The molecule has 9 nitrogen and oxygen atoms in total. The van der Waals surface area contributed by atoms with Gasteiger partial charge in [-0.15, -0.1) is 0 Å². The maximum Gasteiger partial charge on any atom is 0.254 e. The van der Waals surface area contributed by atoms with Gasteiger partial charge in [0, 0.05) is 38.7 Å². The molecule has 0 aliphatic carbocycles. The minimum Gasteiger partial charge on any atom is -0.391 e. The van der Waals surface area contributed by atoms with E-state index in [1.165, 1.54) is 37.2 Å². The molecule has 1 saturated heterocycles. The smallest absolute Gasteiger partial charge is 0.254 e. The van der Waals surface area contributed by atoms with Crippen LogP contribution in [0.1, 0.15) is 15.9 Å². The van der Waals surface area contributed by atoms with Crippen molar-refractivity contribution in [2.24, 2.45) is 11.1 Å². The predicted molar refractivity (Wildman–Crippen MR) is 95.4 cm³/mol. The molecule has 0 aromatic heterocycles. The van der Waals surface area contributed by atoms with Crippen molar-refractivity contribution in [2.45, 2.75) is 17.9 Å². The Kier molecular flexibility index (Phi) is 5.78. The molecular formula is C15H23N3O6S2. The van der Waals surface area contributed by atoms with Gasteiger partial charge in [0.15, 0.2) is 0 Å². The van der Waals surface area contributed by atoms with Crippen LogP contribution in [0.5, 0.6) is 0 Å². The van der Waals surface area contributed by atoms with E-state index in [2.05, 4.69) is 0 Å². The Bertz CT molecular complexity index is 911. The van der Waals surface area contributed by atoms with E-state index in [9.17, 15) is 26.7 Å². The van der Waals surface area contributed by atoms with E-state index < -0.39 is 38.0 Å². The number of nitrogens with zero attached hydrogens (tertiary/aromatic N) is 2. The number of sulfonamides is 2. The van der Waals surface area contributed by atoms with Gasteiger partial charge in [0.2, 0.25) is 20.0 Å². The van der Waals surface area contributed by atoms with Crippen molar-refractivity contribution in [1.29, 1.82) is 0 Å². The first-order valence-electron chi connectivity index (χ1n) is 7.84. The maximum atomic E-state index is 12.8. The molecule has 2 atom stereocenters. The zero-order chi connectivity index (χ0) is 19.9. The number of amides is 1. The van der Waals surface area contributed by atoms with Gasteiger partial charge in [0.05, 0.1) is 16.8 Å². The van der Waals surface area contributed by atoms with Crippen molar-refractivity contribution in [2.75, 3.05) is 32.9 Å². The molecule has 1 aromatic rings. The molecule has 146 valence electrons. The molecule has 2 rings (SSSR count). The molecule has 0 saturated carbocycles. The second-order valence-corrected chi connectivity index (χ2v) is 10.4. The first-order valence-corrected chi connectivity index (χ1v) is 11.0. The fraction of sp³-hybridized carbons (Fsp3) is 0.533. The quantitative estimate of drug-likeness (QED) is 0.642. The van der Waals surface area contributed by atoms with E-state index in [-0.39, 0.29) is 29.3 Å². The summed E-state index contributed by atoms with van der Waals surface area (Å²) in [4.78, 5) is 13.9. The van der Waals surface area contributed by atoms with Gasteiger partial charge in [-0.1, -0.05) is 6.07 Å². The first-order chi connectivity index (χ1) is 11.8. The SMILES string of the molecule is Cc1ccc(S(N)(=O)=O)cc1C(=O)N1C[C@@H](CS(=O)(=O)N(C)C)[C@H](O)C1. The van der Waals surface area contributed by atoms with Gasteiger partial charge < -0.3 is 10.0 Å². The third-order valence-electron chi connectivity index (χ3n) is 4.44. The van der Waals surface area contributed by atoms with Crippen LogP contribution in [0.4, 0.5) is 0 Å². The van der Waals surface area contributed by atoms with Gasteiger partial charge in [-0.2, -0.15) is 0 Å². The van der Waals surface area contributed by atoms with Crippen LogP contribution in [0.15, 0.2) is 23.1 Å². The van der Waals surface area contributed by atoms with Gasteiger partial charge in [-0.25, -0.2) is 26.3 Å². The molecule has 3 N–H and O–H groups in total. The van der Waals surface area contributed by atoms with Crippen molar-refractivity contribution in [1.82, 2.24) is 9.21 Å². The largest absolute Gasteiger partial charge is 0.391 e. The third-order valence-corrected chi connectivity index (χ3v) is 7.32. The van der Waals surface area contributed by atoms with Crippen molar-refractivity contribution >= 4 is 26.0 Å². The van der Waals surface area contributed by atoms with Crippen LogP contribution in [0.3, 0.4) is 0 Å². The number of aryl methyl sites for hydroxylation is 1. The standard InChI is InChI=1S/C15H23N3O6S2/c1-10-4-5-12(26(16,23)24)6-13(10)15(20)18-7-11(14(19)8-18)9-25(21,22)17(2)3/h4-6,11,14,19H,7-9H2,1-3H3,(H2,16,23,24)/t11-,14+/m0/s1. The highest BCUT2D eigenvalue weighted by molar-refractivity contribution is 7.89. The van der Waals surface area contributed by atoms with E-state index in [0.29, 0.717) is 5.56 Å². The molecule has 1 amide bonds. The lowest BCUT2D eigenvalue weighted by atomic mass is 10.1. The number of benzene rings is 1. The highest BCUT2D eigenvalue weighted by atomic mass is 32.2. The second kappa shape index (κ2) is 7.24. The van der Waals surface area contributed by atoms with Crippen molar-refractivity contribution in [3.05, 3.63) is 29.3 Å². The Labute approximate surface area is 153 Å². The molecule has 1 aliphatic heterocycles. The minimum absolute atomic E-state index is 0.0223. The first kappa shape index (κ1) is 20.8. The summed E-state index contributed by atoms with van der Waals surface area (Å²) in [5.41, 5.74) is 0.709. The summed E-state index contributed by atoms with van der Waals surface area (Å²) >= 11 is 0. The van der Waals surface area contributed by atoms with Crippen LogP contribution < -0.4 is 5.14 Å². The fourth-order valence-corrected chi connectivity index (χ4v) is 4.49. The summed E-state index contributed by atoms with van der Waals surface area (Å²) in [6, 6.07) is 3.99. The number of aliphatic hydroxyl groups excluding tert-OH is 1. The Hall–Kier alpha value is -1.53. The molecule has 26 heavy (non-hydrogen) atoms. The van der Waals surface area contributed by atoms with E-state index in [1.807, 2.05) is 0 Å². The lowest BCUT2D eigenvalue weighted by molar-refractivity contribution is 0.0763. The monoisotopic (exact) mass is 405 g/mol. The van der Waals surface area contributed by atoms with E-state index >= 15 is 0 Å². The number of aliphatic hydroxyl groups is 1. The Balaban J connectivity index is 2.24. The fourth-order valence-electron chi connectivity index (χ4n) is 2.78. The van der Waals surface area contributed by atoms with Crippen LogP contribution in [0.2, 0.25) is 0 Å². The molecule has 1 aliphatic rings. The summed E-state index contributed by atoms with van der Waals surface area (Å²) in [5, 5.41) is 15.3. The van der Waals surface area contributed by atoms with Crippen molar-refractivity contribution < 1.29 is 26.7 Å². The number of nitrogens with two attached hydrogens (primary N) is 1. The molecule has 0 unspecified atom stereocenters. The highest BCUT2D eigenvalue weighted by Gasteiger charge is 2.38.